The van der Waals surface area contributed by atoms with Crippen LogP contribution in [0.4, 0.5) is 0 Å². The maximum absolute atomic E-state index is 13.1. The smallest absolute Gasteiger partial charge is 0.343 e. The molecule has 0 N–H and O–H groups in total. The predicted octanol–water partition coefficient (Wildman–Crippen LogP) is 17.5. The number of para-hydroxylation sites is 1. The molecule has 3 aromatic carbocycles. The normalized spacial score (nSPS) is 11.9. The summed E-state index contributed by atoms with van der Waals surface area (Å²) in [6.45, 7) is 7.55. The molecule has 0 aliphatic heterocycles. The van der Waals surface area contributed by atoms with E-state index in [1.54, 1.807) is 0 Å². The van der Waals surface area contributed by atoms with E-state index in [4.69, 9.17) is 9.47 Å². The van der Waals surface area contributed by atoms with Crippen LogP contribution in [-0.2, 0) is 11.2 Å². The summed E-state index contributed by atoms with van der Waals surface area (Å²) < 4.78 is 12.1. The number of carbonyl (C=O) groups excluding carboxylic acids is 1. The van der Waals surface area contributed by atoms with Crippen LogP contribution >= 0.6 is 0 Å². The van der Waals surface area contributed by atoms with Crippen LogP contribution in [0, 0.1) is 0 Å². The first-order valence-corrected chi connectivity index (χ1v) is 24.2. The van der Waals surface area contributed by atoms with E-state index in [1.807, 2.05) is 42.5 Å². The predicted molar refractivity (Wildman–Crippen MR) is 247 cm³/mol. The molecule has 3 rings (SSSR count). The number of benzene rings is 3. The van der Waals surface area contributed by atoms with Crippen LogP contribution in [0.3, 0.4) is 0 Å². The van der Waals surface area contributed by atoms with E-state index < -0.39 is 0 Å². The van der Waals surface area contributed by atoms with Crippen molar-refractivity contribution in [3.63, 3.8) is 0 Å². The van der Waals surface area contributed by atoms with Gasteiger partial charge < -0.3 is 9.47 Å². The number of unbranched alkanes of at least 4 members (excludes halogenated alkanes) is 27. The fourth-order valence-electron chi connectivity index (χ4n) is 8.05. The summed E-state index contributed by atoms with van der Waals surface area (Å²) in [7, 11) is 0. The topological polar surface area (TPSA) is 35.5 Å². The van der Waals surface area contributed by atoms with Crippen molar-refractivity contribution >= 4 is 5.97 Å². The zero-order chi connectivity index (χ0) is 40.4. The van der Waals surface area contributed by atoms with E-state index >= 15 is 0 Å². The van der Waals surface area contributed by atoms with Crippen molar-refractivity contribution in [1.82, 2.24) is 0 Å². The zero-order valence-corrected chi connectivity index (χ0v) is 37.2. The molecule has 3 aromatic rings. The molecule has 0 fully saturated rings. The van der Waals surface area contributed by atoms with Gasteiger partial charge in [0.2, 0.25) is 0 Å². The molecule has 0 aliphatic rings. The zero-order valence-electron chi connectivity index (χ0n) is 37.2. The number of hydrogen-bond acceptors (Lipinski definition) is 3. The number of esters is 1. The number of aryl methyl sites for hydroxylation is 1. The summed E-state index contributed by atoms with van der Waals surface area (Å²) in [6.07, 6.45) is 40.7. The molecule has 0 radical (unpaired) electrons. The maximum Gasteiger partial charge on any atom is 0.343 e. The lowest BCUT2D eigenvalue weighted by Crippen LogP contribution is -2.09. The standard InChI is InChI=1S/C54H84O3/c1-4-6-8-10-12-14-16-18-19-20-22-24-26-28-30-34-46-56-47(3)48-38-40-49(41-39-48)50-42-44-52(45-43-50)54(55)57-53-37-33-32-36-51(53)35-31-29-27-25-23-21-17-15-13-11-9-7-5-2/h32-33,36-45,47H,4-31,34-35,46H2,1-3H3. The molecule has 3 heteroatoms. The van der Waals surface area contributed by atoms with Crippen molar-refractivity contribution in [2.75, 3.05) is 6.61 Å². The van der Waals surface area contributed by atoms with Gasteiger partial charge in [0.15, 0.2) is 0 Å². The molecule has 3 nitrogen and oxygen atoms in total. The molecule has 1 atom stereocenters. The van der Waals surface area contributed by atoms with Gasteiger partial charge in [0.25, 0.3) is 0 Å². The lowest BCUT2D eigenvalue weighted by atomic mass is 10.0. The fourth-order valence-corrected chi connectivity index (χ4v) is 8.05. The summed E-state index contributed by atoms with van der Waals surface area (Å²) >= 11 is 0. The van der Waals surface area contributed by atoms with Crippen LogP contribution in [0.15, 0.2) is 72.8 Å². The minimum atomic E-state index is -0.301. The average molecular weight is 781 g/mol. The molecular formula is C54H84O3. The van der Waals surface area contributed by atoms with Gasteiger partial charge in [-0.25, -0.2) is 4.79 Å². The molecule has 0 aliphatic carbocycles. The van der Waals surface area contributed by atoms with Crippen LogP contribution in [0.1, 0.15) is 235 Å². The van der Waals surface area contributed by atoms with Crippen LogP contribution < -0.4 is 4.74 Å². The summed E-state index contributed by atoms with van der Waals surface area (Å²) in [5, 5.41) is 0. The minimum Gasteiger partial charge on any atom is -0.423 e. The molecule has 0 bridgehead atoms. The van der Waals surface area contributed by atoms with E-state index in [0.29, 0.717) is 11.3 Å². The number of carbonyl (C=O) groups is 1. The van der Waals surface area contributed by atoms with Gasteiger partial charge in [-0.2, -0.15) is 0 Å². The Bertz CT molecular complexity index is 1380. The highest BCUT2D eigenvalue weighted by atomic mass is 16.5. The summed E-state index contributed by atoms with van der Waals surface area (Å²) in [5.41, 5.74) is 5.11. The monoisotopic (exact) mass is 781 g/mol. The Labute approximate surface area is 351 Å². The van der Waals surface area contributed by atoms with Crippen molar-refractivity contribution in [2.45, 2.75) is 219 Å². The van der Waals surface area contributed by atoms with Crippen molar-refractivity contribution in [3.05, 3.63) is 89.5 Å². The van der Waals surface area contributed by atoms with Crippen LogP contribution in [0.2, 0.25) is 0 Å². The van der Waals surface area contributed by atoms with Gasteiger partial charge in [-0.05, 0) is 66.6 Å². The average Bonchev–Trinajstić information content (AvgIpc) is 3.24. The summed E-state index contributed by atoms with van der Waals surface area (Å²) in [4.78, 5) is 13.1. The van der Waals surface area contributed by atoms with E-state index in [1.165, 1.54) is 179 Å². The third-order valence-electron chi connectivity index (χ3n) is 11.9. The number of hydrogen-bond donors (Lipinski definition) is 0. The molecule has 1 unspecified atom stereocenters. The van der Waals surface area contributed by atoms with E-state index in [0.717, 1.165) is 42.6 Å². The van der Waals surface area contributed by atoms with Gasteiger partial charge >= 0.3 is 5.97 Å². The molecule has 0 saturated heterocycles. The first-order valence-electron chi connectivity index (χ1n) is 24.2. The van der Waals surface area contributed by atoms with Crippen molar-refractivity contribution in [1.29, 1.82) is 0 Å². The molecule has 318 valence electrons. The Morgan fingerprint density at radius 2 is 0.842 bits per heavy atom. The van der Waals surface area contributed by atoms with E-state index in [-0.39, 0.29) is 12.1 Å². The minimum absolute atomic E-state index is 0.0833. The largest absolute Gasteiger partial charge is 0.423 e. The Kier molecular flexibility index (Phi) is 28.0. The first-order chi connectivity index (χ1) is 28.1. The lowest BCUT2D eigenvalue weighted by molar-refractivity contribution is 0.0627. The Morgan fingerprint density at radius 3 is 1.30 bits per heavy atom. The second-order valence-corrected chi connectivity index (χ2v) is 17.0. The molecular weight excluding hydrogens is 697 g/mol. The Morgan fingerprint density at radius 1 is 0.456 bits per heavy atom. The quantitative estimate of drug-likeness (QED) is 0.0335. The van der Waals surface area contributed by atoms with Crippen LogP contribution in [0.25, 0.3) is 11.1 Å². The molecule has 0 saturated carbocycles. The fraction of sp³-hybridized carbons (Fsp3) is 0.648. The van der Waals surface area contributed by atoms with Crippen LogP contribution in [0.5, 0.6) is 5.75 Å². The second-order valence-electron chi connectivity index (χ2n) is 17.0. The van der Waals surface area contributed by atoms with Gasteiger partial charge in [0.05, 0.1) is 11.7 Å². The molecule has 0 amide bonds. The Balaban J connectivity index is 1.25. The van der Waals surface area contributed by atoms with Crippen molar-refractivity contribution in [2.24, 2.45) is 0 Å². The van der Waals surface area contributed by atoms with Crippen LogP contribution in [-0.4, -0.2) is 12.6 Å². The second kappa shape index (κ2) is 33.0. The van der Waals surface area contributed by atoms with E-state index in [9.17, 15) is 4.79 Å². The van der Waals surface area contributed by atoms with Gasteiger partial charge in [0.1, 0.15) is 5.75 Å². The third kappa shape index (κ3) is 22.7. The lowest BCUT2D eigenvalue weighted by Gasteiger charge is -2.14. The summed E-state index contributed by atoms with van der Waals surface area (Å²) in [5.74, 6) is 0.386. The van der Waals surface area contributed by atoms with Gasteiger partial charge in [-0.15, -0.1) is 0 Å². The molecule has 0 spiro atoms. The van der Waals surface area contributed by atoms with Gasteiger partial charge in [-0.3, -0.25) is 0 Å². The highest BCUT2D eigenvalue weighted by molar-refractivity contribution is 5.91. The van der Waals surface area contributed by atoms with E-state index in [2.05, 4.69) is 51.1 Å². The SMILES string of the molecule is CCCCCCCCCCCCCCCCCCOC(C)c1ccc(-c2ccc(C(=O)Oc3ccccc3CCCCCCCCCCCCCCC)cc2)cc1. The highest BCUT2D eigenvalue weighted by Crippen LogP contribution is 2.26. The van der Waals surface area contributed by atoms with Gasteiger partial charge in [0, 0.05) is 6.61 Å². The Hall–Kier alpha value is -2.91. The molecule has 0 aromatic heterocycles. The third-order valence-corrected chi connectivity index (χ3v) is 11.9. The first kappa shape index (κ1) is 48.5. The number of rotatable bonds is 36. The molecule has 57 heavy (non-hydrogen) atoms. The maximum atomic E-state index is 13.1. The summed E-state index contributed by atoms with van der Waals surface area (Å²) in [6, 6.07) is 24.5. The highest BCUT2D eigenvalue weighted by Gasteiger charge is 2.13. The number of ether oxygens (including phenoxy) is 2. The van der Waals surface area contributed by atoms with Crippen molar-refractivity contribution in [3.8, 4) is 16.9 Å². The van der Waals surface area contributed by atoms with Gasteiger partial charge in [-0.1, -0.05) is 242 Å². The van der Waals surface area contributed by atoms with Crippen molar-refractivity contribution < 1.29 is 14.3 Å². The molecule has 0 heterocycles.